The summed E-state index contributed by atoms with van der Waals surface area (Å²) in [6, 6.07) is 16.1. The number of Topliss-reactive ketones (excluding diaryl/α,β-unsaturated/α-hetero) is 1. The zero-order valence-electron chi connectivity index (χ0n) is 22.5. The van der Waals surface area contributed by atoms with Gasteiger partial charge in [0, 0.05) is 43.3 Å². The number of anilines is 1. The van der Waals surface area contributed by atoms with Crippen LogP contribution in [-0.2, 0) is 16.1 Å². The zero-order chi connectivity index (χ0) is 27.2. The Morgan fingerprint density at radius 3 is 2.39 bits per heavy atom. The molecule has 0 spiro atoms. The Morgan fingerprint density at radius 2 is 1.79 bits per heavy atom. The van der Waals surface area contributed by atoms with Crippen LogP contribution < -0.4 is 9.64 Å². The molecule has 0 bridgehead atoms. The first-order valence-electron chi connectivity index (χ1n) is 13.2. The van der Waals surface area contributed by atoms with Crippen LogP contribution in [0.2, 0.25) is 0 Å². The Balaban J connectivity index is 1.80. The fourth-order valence-corrected chi connectivity index (χ4v) is 4.86. The predicted octanol–water partition coefficient (Wildman–Crippen LogP) is 5.65. The molecule has 198 valence electrons. The minimum absolute atomic E-state index is 0.0797. The smallest absolute Gasteiger partial charge is 0.295 e. The van der Waals surface area contributed by atoms with Crippen molar-refractivity contribution in [2.75, 3.05) is 24.6 Å². The van der Waals surface area contributed by atoms with Crippen LogP contribution in [0, 0.1) is 6.92 Å². The van der Waals surface area contributed by atoms with Crippen molar-refractivity contribution < 1.29 is 19.4 Å². The monoisotopic (exact) mass is 513 g/mol. The van der Waals surface area contributed by atoms with Crippen LogP contribution in [0.5, 0.6) is 5.75 Å². The molecule has 4 rings (SSSR count). The van der Waals surface area contributed by atoms with E-state index in [2.05, 4.69) is 23.7 Å². The Kier molecular flexibility index (Phi) is 8.46. The molecule has 1 amide bonds. The summed E-state index contributed by atoms with van der Waals surface area (Å²) in [6.07, 6.45) is 4.23. The lowest BCUT2D eigenvalue weighted by Gasteiger charge is -2.26. The number of hydrogen-bond donors (Lipinski definition) is 1. The Hall–Kier alpha value is -4.13. The summed E-state index contributed by atoms with van der Waals surface area (Å²) < 4.78 is 5.77. The van der Waals surface area contributed by atoms with E-state index in [-0.39, 0.29) is 17.9 Å². The highest BCUT2D eigenvalue weighted by atomic mass is 16.5. The van der Waals surface area contributed by atoms with Crippen molar-refractivity contribution in [3.05, 3.63) is 94.8 Å². The maximum Gasteiger partial charge on any atom is 0.295 e. The topological polar surface area (TPSA) is 83.0 Å². The molecule has 1 fully saturated rings. The average molecular weight is 514 g/mol. The number of nitrogens with zero attached hydrogens (tertiary/aromatic N) is 3. The second kappa shape index (κ2) is 11.9. The van der Waals surface area contributed by atoms with Crippen LogP contribution in [0.1, 0.15) is 55.5 Å². The number of aromatic nitrogens is 1. The standard InChI is InChI=1S/C31H35N3O4/c1-5-17-38-26-15-12-24(18-21(26)4)29(35)27-28(23-10-13-25(14-11-23)33(6-2)7-3)34(31(37)30(27)36)20-22-9-8-16-32-19-22/h8-16,18-19,28,35H,5-7,17,20H2,1-4H3/b29-27-. The predicted molar refractivity (Wildman–Crippen MR) is 149 cm³/mol. The maximum atomic E-state index is 13.4. The van der Waals surface area contributed by atoms with E-state index in [1.54, 1.807) is 36.7 Å². The van der Waals surface area contributed by atoms with Crippen molar-refractivity contribution in [1.29, 1.82) is 0 Å². The Bertz CT molecular complexity index is 1310. The Morgan fingerprint density at radius 1 is 1.05 bits per heavy atom. The molecule has 1 saturated heterocycles. The third kappa shape index (κ3) is 5.42. The molecule has 7 nitrogen and oxygen atoms in total. The zero-order valence-corrected chi connectivity index (χ0v) is 22.5. The summed E-state index contributed by atoms with van der Waals surface area (Å²) in [5.74, 6) is -0.815. The number of pyridine rings is 1. The third-order valence-electron chi connectivity index (χ3n) is 6.86. The van der Waals surface area contributed by atoms with E-state index in [4.69, 9.17) is 4.74 Å². The quantitative estimate of drug-likeness (QED) is 0.214. The number of ketones is 1. The maximum absolute atomic E-state index is 13.4. The summed E-state index contributed by atoms with van der Waals surface area (Å²) in [5.41, 5.74) is 4.00. The van der Waals surface area contributed by atoms with Crippen LogP contribution in [0.3, 0.4) is 0 Å². The van der Waals surface area contributed by atoms with Gasteiger partial charge in [-0.3, -0.25) is 14.6 Å². The van der Waals surface area contributed by atoms with Crippen molar-refractivity contribution in [2.45, 2.75) is 46.7 Å². The van der Waals surface area contributed by atoms with Gasteiger partial charge in [0.05, 0.1) is 18.2 Å². The lowest BCUT2D eigenvalue weighted by atomic mass is 9.94. The SMILES string of the molecule is CCCOc1ccc(/C(O)=C2/C(=O)C(=O)N(Cc3cccnc3)C2c2ccc(N(CC)CC)cc2)cc1C. The number of hydrogen-bond acceptors (Lipinski definition) is 6. The number of benzene rings is 2. The van der Waals surface area contributed by atoms with Gasteiger partial charge in [-0.25, -0.2) is 0 Å². The molecule has 38 heavy (non-hydrogen) atoms. The first-order valence-corrected chi connectivity index (χ1v) is 13.2. The molecular weight excluding hydrogens is 478 g/mol. The molecular formula is C31H35N3O4. The van der Waals surface area contributed by atoms with E-state index in [0.717, 1.165) is 47.6 Å². The fourth-order valence-electron chi connectivity index (χ4n) is 4.86. The van der Waals surface area contributed by atoms with Crippen LogP contribution in [-0.4, -0.2) is 46.4 Å². The number of carbonyl (C=O) groups excluding carboxylic acids is 2. The number of aliphatic hydroxyl groups excluding tert-OH is 1. The molecule has 1 atom stereocenters. The van der Waals surface area contributed by atoms with Crippen LogP contribution in [0.25, 0.3) is 5.76 Å². The summed E-state index contributed by atoms with van der Waals surface area (Å²) in [6.45, 7) is 10.7. The summed E-state index contributed by atoms with van der Waals surface area (Å²) in [5, 5.41) is 11.5. The molecule has 0 radical (unpaired) electrons. The molecule has 1 aliphatic heterocycles. The van der Waals surface area contributed by atoms with E-state index >= 15 is 0 Å². The number of ether oxygens (including phenoxy) is 1. The van der Waals surface area contributed by atoms with Crippen LogP contribution in [0.4, 0.5) is 5.69 Å². The molecule has 2 heterocycles. The highest BCUT2D eigenvalue weighted by molar-refractivity contribution is 6.46. The van der Waals surface area contributed by atoms with Gasteiger partial charge >= 0.3 is 0 Å². The molecule has 0 saturated carbocycles. The highest BCUT2D eigenvalue weighted by Crippen LogP contribution is 2.41. The van der Waals surface area contributed by atoms with Gasteiger partial charge in [0.1, 0.15) is 11.5 Å². The number of likely N-dealkylation sites (tertiary alicyclic amines) is 1. The third-order valence-corrected chi connectivity index (χ3v) is 6.86. The number of carbonyl (C=O) groups is 2. The van der Waals surface area contributed by atoms with Crippen LogP contribution >= 0.6 is 0 Å². The number of aryl methyl sites for hydroxylation is 1. The van der Waals surface area contributed by atoms with Gasteiger partial charge in [-0.15, -0.1) is 0 Å². The van der Waals surface area contributed by atoms with E-state index in [1.165, 1.54) is 4.90 Å². The van der Waals surface area contributed by atoms with Gasteiger partial charge in [-0.05, 0) is 80.3 Å². The van der Waals surface area contributed by atoms with Gasteiger partial charge in [-0.2, -0.15) is 0 Å². The first kappa shape index (κ1) is 26.9. The molecule has 7 heteroatoms. The van der Waals surface area contributed by atoms with E-state index in [0.29, 0.717) is 12.2 Å². The van der Waals surface area contributed by atoms with Crippen molar-refractivity contribution >= 4 is 23.1 Å². The minimum Gasteiger partial charge on any atom is -0.507 e. The number of amides is 1. The number of aliphatic hydroxyl groups is 1. The Labute approximate surface area is 224 Å². The molecule has 3 aromatic rings. The van der Waals surface area contributed by atoms with Gasteiger partial charge in [0.15, 0.2) is 0 Å². The molecule has 0 aliphatic carbocycles. The van der Waals surface area contributed by atoms with Crippen molar-refractivity contribution in [2.24, 2.45) is 0 Å². The molecule has 1 aromatic heterocycles. The summed E-state index contributed by atoms with van der Waals surface area (Å²) >= 11 is 0. The van der Waals surface area contributed by atoms with Gasteiger partial charge in [-0.1, -0.05) is 25.1 Å². The van der Waals surface area contributed by atoms with Crippen molar-refractivity contribution in [3.8, 4) is 5.75 Å². The van der Waals surface area contributed by atoms with Gasteiger partial charge < -0.3 is 19.6 Å². The highest BCUT2D eigenvalue weighted by Gasteiger charge is 2.46. The van der Waals surface area contributed by atoms with Crippen molar-refractivity contribution in [1.82, 2.24) is 9.88 Å². The lowest BCUT2D eigenvalue weighted by molar-refractivity contribution is -0.140. The molecule has 2 aromatic carbocycles. The summed E-state index contributed by atoms with van der Waals surface area (Å²) in [7, 11) is 0. The average Bonchev–Trinajstić information content (AvgIpc) is 3.18. The second-order valence-electron chi connectivity index (χ2n) is 9.38. The normalized spacial score (nSPS) is 16.6. The molecule has 1 aliphatic rings. The number of rotatable bonds is 10. The lowest BCUT2D eigenvalue weighted by Crippen LogP contribution is -2.29. The minimum atomic E-state index is -0.739. The summed E-state index contributed by atoms with van der Waals surface area (Å²) in [4.78, 5) is 34.6. The van der Waals surface area contributed by atoms with E-state index < -0.39 is 17.7 Å². The second-order valence-corrected chi connectivity index (χ2v) is 9.38. The fraction of sp³-hybridized carbons (Fsp3) is 0.323. The van der Waals surface area contributed by atoms with Crippen LogP contribution in [0.15, 0.2) is 72.6 Å². The molecule has 1 N–H and O–H groups in total. The van der Waals surface area contributed by atoms with E-state index in [1.807, 2.05) is 44.2 Å². The first-order chi connectivity index (χ1) is 18.4. The van der Waals surface area contributed by atoms with Crippen molar-refractivity contribution in [3.63, 3.8) is 0 Å². The van der Waals surface area contributed by atoms with E-state index in [9.17, 15) is 14.7 Å². The van der Waals surface area contributed by atoms with Gasteiger partial charge in [0.2, 0.25) is 0 Å². The van der Waals surface area contributed by atoms with Gasteiger partial charge in [0.25, 0.3) is 11.7 Å². The largest absolute Gasteiger partial charge is 0.507 e. The molecule has 1 unspecified atom stereocenters.